The number of amides is 2. The molecule has 0 saturated carbocycles. The summed E-state index contributed by atoms with van der Waals surface area (Å²) in [6, 6.07) is 6.05. The van der Waals surface area contributed by atoms with E-state index in [1.807, 2.05) is 6.92 Å². The van der Waals surface area contributed by atoms with Crippen LogP contribution in [0.2, 0.25) is 0 Å². The molecule has 7 heteroatoms. The van der Waals surface area contributed by atoms with Crippen molar-refractivity contribution in [3.05, 3.63) is 45.8 Å². The zero-order valence-electron chi connectivity index (χ0n) is 13.0. The van der Waals surface area contributed by atoms with Crippen LogP contribution < -0.4 is 5.43 Å². The highest BCUT2D eigenvalue weighted by Crippen LogP contribution is 2.15. The fourth-order valence-electron chi connectivity index (χ4n) is 2.56. The molecule has 24 heavy (non-hydrogen) atoms. The maximum absolute atomic E-state index is 12.1. The van der Waals surface area contributed by atoms with Gasteiger partial charge in [0.1, 0.15) is 5.58 Å². The van der Waals surface area contributed by atoms with Gasteiger partial charge in [0, 0.05) is 19.0 Å². The molecule has 1 saturated heterocycles. The molecular formula is C17H15NO6. The molecule has 1 fully saturated rings. The minimum Gasteiger partial charge on any atom is -0.450 e. The summed E-state index contributed by atoms with van der Waals surface area (Å²) < 4.78 is 10.2. The Morgan fingerprint density at radius 3 is 2.75 bits per heavy atom. The lowest BCUT2D eigenvalue weighted by Crippen LogP contribution is -2.35. The number of fused-ring (bicyclic) bond motifs is 1. The van der Waals surface area contributed by atoms with E-state index < -0.39 is 18.5 Å². The molecule has 0 unspecified atom stereocenters. The molecule has 1 aromatic carbocycles. The van der Waals surface area contributed by atoms with Crippen LogP contribution in [-0.2, 0) is 14.3 Å². The lowest BCUT2D eigenvalue weighted by molar-refractivity contribution is -0.143. The van der Waals surface area contributed by atoms with Gasteiger partial charge in [-0.1, -0.05) is 11.6 Å². The molecule has 1 aromatic heterocycles. The molecule has 0 aliphatic carbocycles. The van der Waals surface area contributed by atoms with Crippen LogP contribution in [0.4, 0.5) is 0 Å². The first-order chi connectivity index (χ1) is 11.5. The number of hydrogen-bond donors (Lipinski definition) is 0. The van der Waals surface area contributed by atoms with Crippen LogP contribution in [0.1, 0.15) is 29.0 Å². The van der Waals surface area contributed by atoms with E-state index in [2.05, 4.69) is 0 Å². The molecular weight excluding hydrogens is 314 g/mol. The minimum atomic E-state index is -0.922. The van der Waals surface area contributed by atoms with E-state index >= 15 is 0 Å². The predicted molar refractivity (Wildman–Crippen MR) is 83.5 cm³/mol. The average molecular weight is 329 g/mol. The van der Waals surface area contributed by atoms with E-state index in [1.165, 1.54) is 0 Å². The molecule has 124 valence electrons. The van der Waals surface area contributed by atoms with Gasteiger partial charge in [0.15, 0.2) is 12.0 Å². The zero-order valence-corrected chi connectivity index (χ0v) is 13.0. The van der Waals surface area contributed by atoms with E-state index in [0.29, 0.717) is 24.8 Å². The van der Waals surface area contributed by atoms with Crippen LogP contribution >= 0.6 is 0 Å². The summed E-state index contributed by atoms with van der Waals surface area (Å²) in [6.07, 6.45) is 0.927. The monoisotopic (exact) mass is 329 g/mol. The smallest absolute Gasteiger partial charge is 0.374 e. The van der Waals surface area contributed by atoms with E-state index in [1.54, 1.807) is 18.2 Å². The molecule has 0 bridgehead atoms. The molecule has 0 spiro atoms. The highest BCUT2D eigenvalue weighted by atomic mass is 16.5. The van der Waals surface area contributed by atoms with Crippen molar-refractivity contribution in [2.24, 2.45) is 0 Å². The molecule has 2 aromatic rings. The van der Waals surface area contributed by atoms with Gasteiger partial charge in [-0.05, 0) is 25.5 Å². The first kappa shape index (κ1) is 15.9. The predicted octanol–water partition coefficient (Wildman–Crippen LogP) is 1.41. The summed E-state index contributed by atoms with van der Waals surface area (Å²) in [7, 11) is 0. The van der Waals surface area contributed by atoms with Crippen LogP contribution in [0, 0.1) is 6.92 Å². The number of imide groups is 1. The quantitative estimate of drug-likeness (QED) is 0.790. The maximum Gasteiger partial charge on any atom is 0.374 e. The Morgan fingerprint density at radius 1 is 1.25 bits per heavy atom. The number of aryl methyl sites for hydroxylation is 1. The maximum atomic E-state index is 12.1. The normalized spacial score (nSPS) is 14.2. The molecule has 0 atom stereocenters. The number of carbonyl (C=O) groups excluding carboxylic acids is 3. The van der Waals surface area contributed by atoms with E-state index in [4.69, 9.17) is 9.15 Å². The average Bonchev–Trinajstić information content (AvgIpc) is 2.99. The van der Waals surface area contributed by atoms with E-state index in [0.717, 1.165) is 16.5 Å². The highest BCUT2D eigenvalue weighted by molar-refractivity contribution is 5.98. The highest BCUT2D eigenvalue weighted by Gasteiger charge is 2.27. The number of ether oxygens (including phenoxy) is 1. The second-order valence-corrected chi connectivity index (χ2v) is 5.59. The van der Waals surface area contributed by atoms with Gasteiger partial charge in [-0.25, -0.2) is 4.79 Å². The lowest BCUT2D eigenvalue weighted by atomic mass is 10.1. The molecule has 1 aliphatic rings. The number of benzene rings is 1. The summed E-state index contributed by atoms with van der Waals surface area (Å²) in [5, 5.41) is 0.366. The van der Waals surface area contributed by atoms with Crippen molar-refractivity contribution in [3.63, 3.8) is 0 Å². The number of likely N-dealkylation sites (tertiary alicyclic amines) is 1. The Kier molecular flexibility index (Phi) is 4.16. The first-order valence-corrected chi connectivity index (χ1v) is 7.50. The Morgan fingerprint density at radius 2 is 2.04 bits per heavy atom. The number of rotatable bonds is 3. The SMILES string of the molecule is Cc1ccc2oc(C(=O)OCC(=O)N3CCCC3=O)cc(=O)c2c1. The molecule has 2 amide bonds. The van der Waals surface area contributed by atoms with Gasteiger partial charge in [-0.2, -0.15) is 0 Å². The van der Waals surface area contributed by atoms with Crippen molar-refractivity contribution in [2.45, 2.75) is 19.8 Å². The standard InChI is InChI=1S/C17H15NO6/c1-10-4-5-13-11(7-10)12(19)8-14(24-13)17(22)23-9-16(21)18-6-2-3-15(18)20/h4-5,7-8H,2-3,6,9H2,1H3. The largest absolute Gasteiger partial charge is 0.450 e. The van der Waals surface area contributed by atoms with Gasteiger partial charge < -0.3 is 9.15 Å². The molecule has 1 aliphatic heterocycles. The third kappa shape index (κ3) is 3.05. The fraction of sp³-hybridized carbons (Fsp3) is 0.294. The second kappa shape index (κ2) is 6.27. The molecule has 2 heterocycles. The van der Waals surface area contributed by atoms with Gasteiger partial charge >= 0.3 is 5.97 Å². The van der Waals surface area contributed by atoms with Gasteiger partial charge in [0.25, 0.3) is 5.91 Å². The Balaban J connectivity index is 1.74. The summed E-state index contributed by atoms with van der Waals surface area (Å²) in [6.45, 7) is 1.60. The summed E-state index contributed by atoms with van der Waals surface area (Å²) in [4.78, 5) is 48.4. The number of esters is 1. The Bertz CT molecular complexity index is 898. The van der Waals surface area contributed by atoms with Crippen LogP contribution in [-0.4, -0.2) is 35.8 Å². The van der Waals surface area contributed by atoms with Crippen molar-refractivity contribution in [3.8, 4) is 0 Å². The van der Waals surface area contributed by atoms with E-state index in [-0.39, 0.29) is 22.7 Å². The van der Waals surface area contributed by atoms with Crippen LogP contribution in [0.15, 0.2) is 33.5 Å². The molecule has 0 N–H and O–H groups in total. The summed E-state index contributed by atoms with van der Waals surface area (Å²) in [5.41, 5.74) is 0.792. The van der Waals surface area contributed by atoms with E-state index in [9.17, 15) is 19.2 Å². The third-order valence-electron chi connectivity index (χ3n) is 3.79. The van der Waals surface area contributed by atoms with Gasteiger partial charge in [0.2, 0.25) is 11.7 Å². The summed E-state index contributed by atoms with van der Waals surface area (Å²) in [5.74, 6) is -2.06. The second-order valence-electron chi connectivity index (χ2n) is 5.59. The third-order valence-corrected chi connectivity index (χ3v) is 3.79. The molecule has 0 radical (unpaired) electrons. The minimum absolute atomic E-state index is 0.265. The van der Waals surface area contributed by atoms with Gasteiger partial charge in [-0.3, -0.25) is 19.3 Å². The number of hydrogen-bond acceptors (Lipinski definition) is 6. The zero-order chi connectivity index (χ0) is 17.3. The van der Waals surface area contributed by atoms with Gasteiger partial charge in [-0.15, -0.1) is 0 Å². The fourth-order valence-corrected chi connectivity index (χ4v) is 2.56. The first-order valence-electron chi connectivity index (χ1n) is 7.50. The topological polar surface area (TPSA) is 93.9 Å². The van der Waals surface area contributed by atoms with Crippen molar-refractivity contribution < 1.29 is 23.5 Å². The van der Waals surface area contributed by atoms with Crippen molar-refractivity contribution >= 4 is 28.8 Å². The Hall–Kier alpha value is -2.96. The van der Waals surface area contributed by atoms with Crippen LogP contribution in [0.25, 0.3) is 11.0 Å². The van der Waals surface area contributed by atoms with Crippen molar-refractivity contribution in [2.75, 3.05) is 13.2 Å². The Labute approximate surface area is 136 Å². The van der Waals surface area contributed by atoms with Crippen LogP contribution in [0.3, 0.4) is 0 Å². The molecule has 7 nitrogen and oxygen atoms in total. The van der Waals surface area contributed by atoms with Crippen molar-refractivity contribution in [1.82, 2.24) is 4.90 Å². The summed E-state index contributed by atoms with van der Waals surface area (Å²) >= 11 is 0. The van der Waals surface area contributed by atoms with Crippen LogP contribution in [0.5, 0.6) is 0 Å². The molecule has 3 rings (SSSR count). The van der Waals surface area contributed by atoms with Gasteiger partial charge in [0.05, 0.1) is 5.39 Å². The van der Waals surface area contributed by atoms with Crippen molar-refractivity contribution in [1.29, 1.82) is 0 Å². The number of nitrogens with zero attached hydrogens (tertiary/aromatic N) is 1. The number of carbonyl (C=O) groups is 3. The lowest BCUT2D eigenvalue weighted by Gasteiger charge is -2.13.